The minimum absolute atomic E-state index is 0.0122. The lowest BCUT2D eigenvalue weighted by Gasteiger charge is -2.25. The minimum Gasteiger partial charge on any atom is -0.493 e. The average Bonchev–Trinajstić information content (AvgIpc) is 2.82. The molecular formula is C25H27ClN2O5S. The van der Waals surface area contributed by atoms with Crippen LogP contribution >= 0.6 is 11.6 Å². The largest absolute Gasteiger partial charge is 0.493 e. The molecular weight excluding hydrogens is 476 g/mol. The van der Waals surface area contributed by atoms with E-state index in [9.17, 15) is 13.2 Å². The van der Waals surface area contributed by atoms with Crippen LogP contribution in [0.25, 0.3) is 0 Å². The van der Waals surface area contributed by atoms with Crippen LogP contribution in [0.2, 0.25) is 5.02 Å². The minimum atomic E-state index is -4.03. The van der Waals surface area contributed by atoms with Crippen molar-refractivity contribution in [2.45, 2.75) is 31.4 Å². The van der Waals surface area contributed by atoms with Crippen molar-refractivity contribution in [3.8, 4) is 11.5 Å². The molecule has 0 bridgehead atoms. The zero-order valence-electron chi connectivity index (χ0n) is 19.2. The third-order valence-corrected chi connectivity index (χ3v) is 6.91. The molecule has 0 aliphatic carbocycles. The molecule has 0 unspecified atom stereocenters. The molecule has 0 heterocycles. The molecule has 0 aliphatic rings. The van der Waals surface area contributed by atoms with Gasteiger partial charge in [0.05, 0.1) is 28.8 Å². The van der Waals surface area contributed by atoms with Crippen molar-refractivity contribution in [1.29, 1.82) is 0 Å². The Morgan fingerprint density at radius 2 is 1.68 bits per heavy atom. The van der Waals surface area contributed by atoms with Crippen LogP contribution in [0.15, 0.2) is 77.7 Å². The Kier molecular flexibility index (Phi) is 8.41. The summed E-state index contributed by atoms with van der Waals surface area (Å²) in [5, 5.41) is 2.99. The van der Waals surface area contributed by atoms with Crippen LogP contribution in [-0.2, 0) is 21.4 Å². The van der Waals surface area contributed by atoms with Gasteiger partial charge in [-0.1, -0.05) is 48.0 Å². The first-order valence-electron chi connectivity index (χ1n) is 10.6. The summed E-state index contributed by atoms with van der Waals surface area (Å²) in [6, 6.07) is 19.8. The molecule has 3 aromatic carbocycles. The van der Waals surface area contributed by atoms with Crippen molar-refractivity contribution in [3.63, 3.8) is 0 Å². The number of benzene rings is 3. The summed E-state index contributed by atoms with van der Waals surface area (Å²) in [6.07, 6.45) is -0.0122. The van der Waals surface area contributed by atoms with Gasteiger partial charge in [-0.15, -0.1) is 0 Å². The van der Waals surface area contributed by atoms with Crippen molar-refractivity contribution in [2.24, 2.45) is 0 Å². The van der Waals surface area contributed by atoms with Gasteiger partial charge in [0.25, 0.3) is 10.0 Å². The molecule has 0 saturated carbocycles. The molecule has 0 spiro atoms. The molecule has 3 aromatic rings. The molecule has 34 heavy (non-hydrogen) atoms. The summed E-state index contributed by atoms with van der Waals surface area (Å²) >= 11 is 6.29. The van der Waals surface area contributed by atoms with Gasteiger partial charge < -0.3 is 14.8 Å². The number of methoxy groups -OCH3 is 1. The van der Waals surface area contributed by atoms with Crippen LogP contribution in [-0.4, -0.2) is 34.1 Å². The third-order valence-electron chi connectivity index (χ3n) is 4.82. The number of nitrogens with zero attached hydrogens (tertiary/aromatic N) is 1. The first-order valence-corrected chi connectivity index (χ1v) is 12.5. The van der Waals surface area contributed by atoms with Gasteiger partial charge in [0, 0.05) is 6.54 Å². The second kappa shape index (κ2) is 11.3. The number of hydrogen-bond donors (Lipinski definition) is 1. The first kappa shape index (κ1) is 25.4. The molecule has 1 amide bonds. The van der Waals surface area contributed by atoms with E-state index in [0.29, 0.717) is 11.5 Å². The predicted molar refractivity (Wildman–Crippen MR) is 133 cm³/mol. The van der Waals surface area contributed by atoms with E-state index in [2.05, 4.69) is 5.32 Å². The maximum atomic E-state index is 13.4. The van der Waals surface area contributed by atoms with Crippen LogP contribution < -0.4 is 19.1 Å². The van der Waals surface area contributed by atoms with Crippen molar-refractivity contribution in [1.82, 2.24) is 5.32 Å². The summed E-state index contributed by atoms with van der Waals surface area (Å²) in [5.74, 6) is 0.664. The molecule has 0 aliphatic heterocycles. The van der Waals surface area contributed by atoms with Crippen molar-refractivity contribution in [3.05, 3.63) is 83.4 Å². The van der Waals surface area contributed by atoms with E-state index in [4.69, 9.17) is 21.1 Å². The topological polar surface area (TPSA) is 84.9 Å². The zero-order valence-corrected chi connectivity index (χ0v) is 20.8. The number of rotatable bonds is 10. The molecule has 3 rings (SSSR count). The molecule has 0 aromatic heterocycles. The van der Waals surface area contributed by atoms with Gasteiger partial charge >= 0.3 is 0 Å². The number of anilines is 1. The highest BCUT2D eigenvalue weighted by molar-refractivity contribution is 7.92. The van der Waals surface area contributed by atoms with Crippen LogP contribution in [0.4, 0.5) is 5.69 Å². The van der Waals surface area contributed by atoms with E-state index in [1.807, 2.05) is 19.9 Å². The van der Waals surface area contributed by atoms with E-state index in [1.54, 1.807) is 61.7 Å². The molecule has 1 N–H and O–H groups in total. The van der Waals surface area contributed by atoms with E-state index in [1.165, 1.54) is 12.1 Å². The highest BCUT2D eigenvalue weighted by atomic mass is 35.5. The molecule has 0 radical (unpaired) electrons. The van der Waals surface area contributed by atoms with Gasteiger partial charge in [-0.3, -0.25) is 9.10 Å². The maximum absolute atomic E-state index is 13.4. The van der Waals surface area contributed by atoms with Gasteiger partial charge in [0.2, 0.25) is 5.91 Å². The number of ether oxygens (including phenoxy) is 2. The molecule has 7 nitrogen and oxygen atoms in total. The molecule has 0 fully saturated rings. The number of hydrogen-bond acceptors (Lipinski definition) is 5. The van der Waals surface area contributed by atoms with E-state index in [0.717, 1.165) is 9.87 Å². The van der Waals surface area contributed by atoms with E-state index >= 15 is 0 Å². The van der Waals surface area contributed by atoms with Crippen LogP contribution in [0.1, 0.15) is 19.4 Å². The fourth-order valence-corrected chi connectivity index (χ4v) is 4.98. The number of carbonyl (C=O) groups is 1. The second-order valence-electron chi connectivity index (χ2n) is 7.70. The molecule has 0 atom stereocenters. The first-order chi connectivity index (χ1) is 16.2. The standard InChI is InChI=1S/C25H27ClN2O5S/c1-18(2)33-23-14-13-19(15-24(23)32-3)16-27-25(29)17-28(22-12-8-7-11-21(22)26)34(30,31)20-9-5-4-6-10-20/h4-15,18H,16-17H2,1-3H3,(H,27,29). The monoisotopic (exact) mass is 502 g/mol. The highest BCUT2D eigenvalue weighted by Crippen LogP contribution is 2.31. The third kappa shape index (κ3) is 6.21. The zero-order chi connectivity index (χ0) is 24.7. The number of para-hydroxylation sites is 1. The number of halogens is 1. The summed E-state index contributed by atoms with van der Waals surface area (Å²) < 4.78 is 38.8. The number of sulfonamides is 1. The van der Waals surface area contributed by atoms with Gasteiger partial charge in [-0.05, 0) is 55.8 Å². The smallest absolute Gasteiger partial charge is 0.264 e. The highest BCUT2D eigenvalue weighted by Gasteiger charge is 2.28. The fourth-order valence-electron chi connectivity index (χ4n) is 3.23. The van der Waals surface area contributed by atoms with Crippen molar-refractivity contribution >= 4 is 33.2 Å². The van der Waals surface area contributed by atoms with Crippen LogP contribution in [0, 0.1) is 0 Å². The lowest BCUT2D eigenvalue weighted by Crippen LogP contribution is -2.40. The van der Waals surface area contributed by atoms with E-state index < -0.39 is 22.5 Å². The Morgan fingerprint density at radius 3 is 2.32 bits per heavy atom. The Balaban J connectivity index is 1.80. The molecule has 0 saturated heterocycles. The summed E-state index contributed by atoms with van der Waals surface area (Å²) in [6.45, 7) is 3.58. The Hall–Kier alpha value is -3.23. The summed E-state index contributed by atoms with van der Waals surface area (Å²) in [5.41, 5.74) is 0.997. The van der Waals surface area contributed by atoms with Gasteiger partial charge in [-0.25, -0.2) is 8.42 Å². The fraction of sp³-hybridized carbons (Fsp3) is 0.240. The lowest BCUT2D eigenvalue weighted by atomic mass is 10.2. The number of amides is 1. The van der Waals surface area contributed by atoms with Crippen molar-refractivity contribution in [2.75, 3.05) is 18.0 Å². The van der Waals surface area contributed by atoms with Gasteiger partial charge in [0.1, 0.15) is 6.54 Å². The van der Waals surface area contributed by atoms with Crippen LogP contribution in [0.5, 0.6) is 11.5 Å². The van der Waals surface area contributed by atoms with Gasteiger partial charge in [0.15, 0.2) is 11.5 Å². The number of carbonyl (C=O) groups excluding carboxylic acids is 1. The normalized spacial score (nSPS) is 11.2. The average molecular weight is 503 g/mol. The molecule has 180 valence electrons. The quantitative estimate of drug-likeness (QED) is 0.436. The Labute approximate surface area is 205 Å². The van der Waals surface area contributed by atoms with Crippen LogP contribution in [0.3, 0.4) is 0 Å². The molecule has 9 heteroatoms. The van der Waals surface area contributed by atoms with E-state index in [-0.39, 0.29) is 28.3 Å². The Bertz CT molecular complexity index is 1230. The summed E-state index contributed by atoms with van der Waals surface area (Å²) in [4.78, 5) is 12.9. The maximum Gasteiger partial charge on any atom is 0.264 e. The van der Waals surface area contributed by atoms with Gasteiger partial charge in [-0.2, -0.15) is 0 Å². The number of nitrogens with one attached hydrogen (secondary N) is 1. The Morgan fingerprint density at radius 1 is 1.00 bits per heavy atom. The second-order valence-corrected chi connectivity index (χ2v) is 9.97. The predicted octanol–water partition coefficient (Wildman–Crippen LogP) is 4.65. The van der Waals surface area contributed by atoms with Crippen molar-refractivity contribution < 1.29 is 22.7 Å². The lowest BCUT2D eigenvalue weighted by molar-refractivity contribution is -0.119. The SMILES string of the molecule is COc1cc(CNC(=O)CN(c2ccccc2Cl)S(=O)(=O)c2ccccc2)ccc1OC(C)C. The summed E-state index contributed by atoms with van der Waals surface area (Å²) in [7, 11) is -2.49.